The quantitative estimate of drug-likeness (QED) is 0.0788. The van der Waals surface area contributed by atoms with Gasteiger partial charge in [0.15, 0.2) is 0 Å². The summed E-state index contributed by atoms with van der Waals surface area (Å²) in [5.41, 5.74) is 5.84. The summed E-state index contributed by atoms with van der Waals surface area (Å²) in [5, 5.41) is 7.08. The van der Waals surface area contributed by atoms with E-state index in [0.29, 0.717) is 33.2 Å². The van der Waals surface area contributed by atoms with Crippen LogP contribution in [0, 0.1) is 6.92 Å². The zero-order valence-corrected chi connectivity index (χ0v) is 37.4. The molecule has 0 radical (unpaired) electrons. The average molecular weight is 921 g/mol. The topological polar surface area (TPSA) is 176 Å². The highest BCUT2D eigenvalue weighted by Crippen LogP contribution is 2.23. The molecule has 0 aliphatic carbocycles. The van der Waals surface area contributed by atoms with Crippen LogP contribution >= 0.6 is 0 Å². The number of carbonyl (C=O) groups is 2. The van der Waals surface area contributed by atoms with Gasteiger partial charge in [-0.15, -0.1) is 0 Å². The second-order valence-electron chi connectivity index (χ2n) is 15.3. The van der Waals surface area contributed by atoms with Gasteiger partial charge in [-0.2, -0.15) is 9.44 Å². The largest absolute Gasteiger partial charge is 0.325 e. The van der Waals surface area contributed by atoms with Crippen molar-refractivity contribution in [2.45, 2.75) is 62.4 Å². The third-order valence-electron chi connectivity index (χ3n) is 10.5. The lowest BCUT2D eigenvalue weighted by molar-refractivity contribution is -0.118. The molecule has 8 rings (SSSR count). The first-order chi connectivity index (χ1) is 31.4. The predicted molar refractivity (Wildman–Crippen MR) is 263 cm³/mol. The zero-order valence-electron chi connectivity index (χ0n) is 35.8. The number of rotatable bonds is 15. The summed E-state index contributed by atoms with van der Waals surface area (Å²) < 4.78 is 58.6. The van der Waals surface area contributed by atoms with E-state index in [1.54, 1.807) is 73.1 Å². The Labute approximate surface area is 386 Å². The highest BCUT2D eigenvalue weighted by Gasteiger charge is 2.29. The van der Waals surface area contributed by atoms with E-state index < -0.39 is 43.9 Å². The predicted octanol–water partition coefficient (Wildman–Crippen LogP) is 9.03. The Morgan fingerprint density at radius 2 is 0.879 bits per heavy atom. The number of carbonyl (C=O) groups excluding carboxylic acids is 2. The van der Waals surface area contributed by atoms with Gasteiger partial charge < -0.3 is 10.6 Å². The highest BCUT2D eigenvalue weighted by atomic mass is 32.2. The molecule has 0 spiro atoms. The van der Waals surface area contributed by atoms with Crippen molar-refractivity contribution in [3.63, 3.8) is 0 Å². The summed E-state index contributed by atoms with van der Waals surface area (Å²) in [6, 6.07) is 48.5. The second kappa shape index (κ2) is 22.2. The smallest absolute Gasteiger partial charge is 0.243 e. The lowest BCUT2D eigenvalue weighted by Crippen LogP contribution is -2.45. The van der Waals surface area contributed by atoms with Gasteiger partial charge in [0.2, 0.25) is 31.9 Å². The van der Waals surface area contributed by atoms with E-state index >= 15 is 0 Å². The van der Waals surface area contributed by atoms with Crippen molar-refractivity contribution in [1.29, 1.82) is 0 Å². The number of fused-ring (bicyclic) bond motifs is 2. The van der Waals surface area contributed by atoms with Crippen LogP contribution in [0.15, 0.2) is 192 Å². The van der Waals surface area contributed by atoms with Gasteiger partial charge >= 0.3 is 0 Å². The normalized spacial score (nSPS) is 12.2. The van der Waals surface area contributed by atoms with E-state index in [-0.39, 0.29) is 30.1 Å². The maximum absolute atomic E-state index is 13.4. The Morgan fingerprint density at radius 1 is 0.485 bits per heavy atom. The first-order valence-corrected chi connectivity index (χ1v) is 23.9. The molecule has 0 saturated carbocycles. The van der Waals surface area contributed by atoms with Gasteiger partial charge in [0.25, 0.3) is 0 Å². The number of benzene rings is 6. The summed E-state index contributed by atoms with van der Waals surface area (Å²) in [6.07, 6.45) is 4.40. The first-order valence-electron chi connectivity index (χ1n) is 21.0. The Bertz CT molecular complexity index is 3110. The monoisotopic (exact) mass is 920 g/mol. The first kappa shape index (κ1) is 48.4. The number of anilines is 2. The van der Waals surface area contributed by atoms with Gasteiger partial charge in [0.1, 0.15) is 21.9 Å². The standard InChI is InChI=1S/C26H25N3O3S.C25H23N3O3S.CH4/c1-2-19-13-15-22(16-14-19)28-26(30)23(18-20-8-4-3-5-9-20)29-33(31,32)24-12-6-10-21-11-7-17-27-25(21)24;1-18-12-14-21(15-13-18)27-25(29)22(17-19-7-3-2-4-8-19)28-32(30,31)23-11-5-9-20-10-6-16-26-24(20)23;/h3-17,23,29H,2,18H2,1H3,(H,28,30);2-16,22,28H,17H2,1H3,(H,27,29);1H4. The molecular formula is C52H52N6O6S2. The molecule has 4 N–H and O–H groups in total. The Balaban J connectivity index is 0.000000215. The third-order valence-corrected chi connectivity index (χ3v) is 13.5. The maximum Gasteiger partial charge on any atom is 0.243 e. The maximum atomic E-state index is 13.4. The van der Waals surface area contributed by atoms with Crippen LogP contribution in [0.4, 0.5) is 11.4 Å². The van der Waals surface area contributed by atoms with E-state index in [1.165, 1.54) is 12.1 Å². The third kappa shape index (κ3) is 12.6. The fourth-order valence-corrected chi connectivity index (χ4v) is 9.83. The van der Waals surface area contributed by atoms with Crippen molar-refractivity contribution >= 4 is 65.0 Å². The van der Waals surface area contributed by atoms with E-state index in [4.69, 9.17) is 0 Å². The van der Waals surface area contributed by atoms with Crippen LogP contribution < -0.4 is 20.1 Å². The van der Waals surface area contributed by atoms with Gasteiger partial charge in [-0.3, -0.25) is 19.6 Å². The number of nitrogens with zero attached hydrogens (tertiary/aromatic N) is 2. The minimum Gasteiger partial charge on any atom is -0.325 e. The zero-order chi connectivity index (χ0) is 45.8. The Hall–Kier alpha value is -7.10. The number of amides is 2. The van der Waals surface area contributed by atoms with Gasteiger partial charge in [-0.05, 0) is 91.4 Å². The molecule has 0 bridgehead atoms. The number of sulfonamides is 2. The van der Waals surface area contributed by atoms with Crippen LogP contribution in [0.5, 0.6) is 0 Å². The SMILES string of the molecule is C.CCc1ccc(NC(=O)C(Cc2ccccc2)NS(=O)(=O)c2cccc3cccnc23)cc1.Cc1ccc(NC(=O)C(Cc2ccccc2)NS(=O)(=O)c2cccc3cccnc23)cc1. The van der Waals surface area contributed by atoms with Crippen molar-refractivity contribution in [3.8, 4) is 0 Å². The number of aromatic nitrogens is 2. The molecule has 2 unspecified atom stereocenters. The Morgan fingerprint density at radius 3 is 1.29 bits per heavy atom. The molecule has 0 saturated heterocycles. The lowest BCUT2D eigenvalue weighted by Gasteiger charge is -2.19. The molecular weight excluding hydrogens is 869 g/mol. The molecule has 14 heteroatoms. The van der Waals surface area contributed by atoms with Crippen molar-refractivity contribution in [2.75, 3.05) is 10.6 Å². The molecule has 2 atom stereocenters. The molecule has 6 aromatic carbocycles. The number of hydrogen-bond acceptors (Lipinski definition) is 8. The molecule has 2 aromatic heterocycles. The van der Waals surface area contributed by atoms with Gasteiger partial charge in [0, 0.05) is 34.5 Å². The highest BCUT2D eigenvalue weighted by molar-refractivity contribution is 7.90. The van der Waals surface area contributed by atoms with E-state index in [9.17, 15) is 26.4 Å². The molecule has 338 valence electrons. The van der Waals surface area contributed by atoms with E-state index in [1.807, 2.05) is 104 Å². The minimum atomic E-state index is -4.03. The van der Waals surface area contributed by atoms with Gasteiger partial charge in [-0.25, -0.2) is 16.8 Å². The molecule has 0 fully saturated rings. The minimum absolute atomic E-state index is 0. The number of para-hydroxylation sites is 2. The van der Waals surface area contributed by atoms with Crippen molar-refractivity contribution in [2.24, 2.45) is 0 Å². The number of hydrogen-bond donors (Lipinski definition) is 4. The second-order valence-corrected chi connectivity index (χ2v) is 18.6. The summed E-state index contributed by atoms with van der Waals surface area (Å²) in [4.78, 5) is 34.9. The summed E-state index contributed by atoms with van der Waals surface area (Å²) in [5.74, 6) is -0.866. The lowest BCUT2D eigenvalue weighted by atomic mass is 10.1. The van der Waals surface area contributed by atoms with Crippen LogP contribution in [0.2, 0.25) is 0 Å². The number of aryl methyl sites for hydroxylation is 2. The molecule has 0 aliphatic rings. The average Bonchev–Trinajstić information content (AvgIpc) is 3.32. The van der Waals surface area contributed by atoms with Crippen molar-refractivity contribution in [3.05, 3.63) is 205 Å². The van der Waals surface area contributed by atoms with Gasteiger partial charge in [-0.1, -0.05) is 141 Å². The molecule has 0 aliphatic heterocycles. The molecule has 66 heavy (non-hydrogen) atoms. The molecule has 2 amide bonds. The fraction of sp³-hybridized carbons (Fsp3) is 0.154. The van der Waals surface area contributed by atoms with Crippen LogP contribution in [0.3, 0.4) is 0 Å². The molecule has 12 nitrogen and oxygen atoms in total. The van der Waals surface area contributed by atoms with E-state index in [2.05, 4.69) is 37.0 Å². The summed E-state index contributed by atoms with van der Waals surface area (Å²) >= 11 is 0. The van der Waals surface area contributed by atoms with Crippen LogP contribution in [-0.4, -0.2) is 50.7 Å². The van der Waals surface area contributed by atoms with Crippen molar-refractivity contribution < 1.29 is 26.4 Å². The van der Waals surface area contributed by atoms with Crippen LogP contribution in [0.1, 0.15) is 36.6 Å². The fourth-order valence-electron chi connectivity index (χ4n) is 7.08. The van der Waals surface area contributed by atoms with Crippen molar-refractivity contribution in [1.82, 2.24) is 19.4 Å². The number of nitrogens with one attached hydrogen (secondary N) is 4. The number of pyridine rings is 2. The van der Waals surface area contributed by atoms with Crippen LogP contribution in [-0.2, 0) is 48.9 Å². The summed E-state index contributed by atoms with van der Waals surface area (Å²) in [7, 11) is -8.05. The van der Waals surface area contributed by atoms with E-state index in [0.717, 1.165) is 28.7 Å². The van der Waals surface area contributed by atoms with Gasteiger partial charge in [0.05, 0.1) is 11.0 Å². The van der Waals surface area contributed by atoms with Crippen LogP contribution in [0.25, 0.3) is 21.8 Å². The molecule has 2 heterocycles. The Kier molecular flexibility index (Phi) is 16.3. The summed E-state index contributed by atoms with van der Waals surface area (Å²) in [6.45, 7) is 4.01. The molecule has 8 aromatic rings.